The van der Waals surface area contributed by atoms with Gasteiger partial charge in [0.2, 0.25) is 0 Å². The summed E-state index contributed by atoms with van der Waals surface area (Å²) >= 11 is 5.84. The van der Waals surface area contributed by atoms with Gasteiger partial charge in [-0.1, -0.05) is 28.9 Å². The van der Waals surface area contributed by atoms with Gasteiger partial charge in [0, 0.05) is 22.8 Å². The lowest BCUT2D eigenvalue weighted by Crippen LogP contribution is -2.13. The Bertz CT molecular complexity index is 624. The Hall–Kier alpha value is -2.20. The van der Waals surface area contributed by atoms with Crippen LogP contribution in [-0.4, -0.2) is 11.0 Å². The van der Waals surface area contributed by atoms with Crippen molar-refractivity contribution in [2.24, 2.45) is 10.9 Å². The van der Waals surface area contributed by atoms with Gasteiger partial charge in [-0.25, -0.2) is 0 Å². The van der Waals surface area contributed by atoms with Crippen LogP contribution in [0.1, 0.15) is 16.7 Å². The Morgan fingerprint density at radius 2 is 1.95 bits per heavy atom. The minimum Gasteiger partial charge on any atom is -0.409 e. The number of anilines is 1. The standard InChI is InChI=1S/C15H16ClN3O/c1-10-8-11(15(17)19-20)2-3-12(10)9-18-14-6-4-13(16)5-7-14/h2-8,18,20H,9H2,1H3,(H2,17,19). The third kappa shape index (κ3) is 3.42. The maximum absolute atomic E-state index is 8.66. The second-order valence-electron chi connectivity index (χ2n) is 4.49. The summed E-state index contributed by atoms with van der Waals surface area (Å²) < 4.78 is 0. The van der Waals surface area contributed by atoms with Gasteiger partial charge in [0.15, 0.2) is 5.84 Å². The van der Waals surface area contributed by atoms with E-state index in [0.717, 1.165) is 21.8 Å². The molecule has 2 aromatic carbocycles. The first kappa shape index (κ1) is 14.2. The van der Waals surface area contributed by atoms with Crippen LogP contribution >= 0.6 is 11.6 Å². The van der Waals surface area contributed by atoms with E-state index in [1.165, 1.54) is 0 Å². The van der Waals surface area contributed by atoms with Crippen molar-refractivity contribution in [2.75, 3.05) is 5.32 Å². The van der Waals surface area contributed by atoms with E-state index in [4.69, 9.17) is 22.5 Å². The summed E-state index contributed by atoms with van der Waals surface area (Å²) in [6.07, 6.45) is 0. The quantitative estimate of drug-likeness (QED) is 0.350. The number of nitrogens with zero attached hydrogens (tertiary/aromatic N) is 1. The van der Waals surface area contributed by atoms with Gasteiger partial charge in [-0.2, -0.15) is 0 Å². The van der Waals surface area contributed by atoms with E-state index in [2.05, 4.69) is 10.5 Å². The van der Waals surface area contributed by atoms with Crippen molar-refractivity contribution in [2.45, 2.75) is 13.5 Å². The molecule has 0 aliphatic rings. The number of hydrogen-bond acceptors (Lipinski definition) is 3. The Balaban J connectivity index is 2.08. The van der Waals surface area contributed by atoms with Gasteiger partial charge in [-0.3, -0.25) is 0 Å². The number of amidine groups is 1. The van der Waals surface area contributed by atoms with Gasteiger partial charge < -0.3 is 16.3 Å². The van der Waals surface area contributed by atoms with Crippen LogP contribution in [0.15, 0.2) is 47.6 Å². The number of rotatable bonds is 4. The number of aryl methyl sites for hydroxylation is 1. The van der Waals surface area contributed by atoms with E-state index in [-0.39, 0.29) is 5.84 Å². The maximum Gasteiger partial charge on any atom is 0.170 e. The molecule has 0 heterocycles. The molecule has 0 aliphatic heterocycles. The van der Waals surface area contributed by atoms with E-state index in [0.29, 0.717) is 12.1 Å². The molecule has 0 radical (unpaired) electrons. The Kier molecular flexibility index (Phi) is 4.48. The second-order valence-corrected chi connectivity index (χ2v) is 4.92. The van der Waals surface area contributed by atoms with Gasteiger partial charge >= 0.3 is 0 Å². The first-order valence-electron chi connectivity index (χ1n) is 6.17. The topological polar surface area (TPSA) is 70.6 Å². The molecule has 0 bridgehead atoms. The fraction of sp³-hybridized carbons (Fsp3) is 0.133. The average Bonchev–Trinajstić information content (AvgIpc) is 2.46. The summed E-state index contributed by atoms with van der Waals surface area (Å²) in [5, 5.41) is 15.7. The molecule has 0 spiro atoms. The number of halogens is 1. The molecule has 20 heavy (non-hydrogen) atoms. The average molecular weight is 290 g/mol. The lowest BCUT2D eigenvalue weighted by Gasteiger charge is -2.10. The molecule has 0 saturated carbocycles. The minimum absolute atomic E-state index is 0.116. The molecule has 4 N–H and O–H groups in total. The zero-order valence-electron chi connectivity index (χ0n) is 11.1. The lowest BCUT2D eigenvalue weighted by molar-refractivity contribution is 0.318. The van der Waals surface area contributed by atoms with Crippen molar-refractivity contribution in [3.05, 3.63) is 64.2 Å². The summed E-state index contributed by atoms with van der Waals surface area (Å²) in [4.78, 5) is 0. The van der Waals surface area contributed by atoms with E-state index < -0.39 is 0 Å². The molecular formula is C15H16ClN3O. The summed E-state index contributed by atoms with van der Waals surface area (Å²) in [5.41, 5.74) is 9.51. The van der Waals surface area contributed by atoms with Crippen molar-refractivity contribution in [1.82, 2.24) is 0 Å². The highest BCUT2D eigenvalue weighted by molar-refractivity contribution is 6.30. The van der Waals surface area contributed by atoms with Gasteiger partial charge in [0.1, 0.15) is 0 Å². The van der Waals surface area contributed by atoms with Gasteiger partial charge in [-0.05, 0) is 48.4 Å². The fourth-order valence-corrected chi connectivity index (χ4v) is 2.00. The van der Waals surface area contributed by atoms with Crippen molar-refractivity contribution < 1.29 is 5.21 Å². The molecule has 0 amide bonds. The summed E-state index contributed by atoms with van der Waals surface area (Å²) in [6.45, 7) is 2.69. The van der Waals surface area contributed by atoms with E-state index in [9.17, 15) is 0 Å². The monoisotopic (exact) mass is 289 g/mol. The summed E-state index contributed by atoms with van der Waals surface area (Å²) in [5.74, 6) is 0.116. The molecule has 0 aliphatic carbocycles. The number of benzene rings is 2. The number of nitrogens with one attached hydrogen (secondary N) is 1. The molecule has 0 fully saturated rings. The van der Waals surface area contributed by atoms with Crippen LogP contribution in [0.2, 0.25) is 5.02 Å². The van der Waals surface area contributed by atoms with E-state index in [1.54, 1.807) is 0 Å². The molecule has 0 atom stereocenters. The molecule has 0 unspecified atom stereocenters. The molecular weight excluding hydrogens is 274 g/mol. The zero-order chi connectivity index (χ0) is 14.5. The predicted octanol–water partition coefficient (Wildman–Crippen LogP) is 3.36. The highest BCUT2D eigenvalue weighted by atomic mass is 35.5. The van der Waals surface area contributed by atoms with E-state index >= 15 is 0 Å². The predicted molar refractivity (Wildman–Crippen MR) is 82.5 cm³/mol. The number of oxime groups is 1. The van der Waals surface area contributed by atoms with Crippen molar-refractivity contribution >= 4 is 23.1 Å². The smallest absolute Gasteiger partial charge is 0.170 e. The Labute approximate surface area is 122 Å². The SMILES string of the molecule is Cc1cc(/C(N)=N/O)ccc1CNc1ccc(Cl)cc1. The van der Waals surface area contributed by atoms with Crippen molar-refractivity contribution in [1.29, 1.82) is 0 Å². The van der Waals surface area contributed by atoms with Crippen LogP contribution < -0.4 is 11.1 Å². The summed E-state index contributed by atoms with van der Waals surface area (Å²) in [7, 11) is 0. The van der Waals surface area contributed by atoms with Crippen LogP contribution in [0.3, 0.4) is 0 Å². The fourth-order valence-electron chi connectivity index (χ4n) is 1.88. The molecule has 104 valence electrons. The first-order valence-corrected chi connectivity index (χ1v) is 6.55. The highest BCUT2D eigenvalue weighted by Crippen LogP contribution is 2.16. The zero-order valence-corrected chi connectivity index (χ0v) is 11.9. The largest absolute Gasteiger partial charge is 0.409 e. The van der Waals surface area contributed by atoms with Crippen LogP contribution in [0.25, 0.3) is 0 Å². The Morgan fingerprint density at radius 1 is 1.25 bits per heavy atom. The second kappa shape index (κ2) is 6.30. The molecule has 2 rings (SSSR count). The van der Waals surface area contributed by atoms with Crippen molar-refractivity contribution in [3.63, 3.8) is 0 Å². The molecule has 0 saturated heterocycles. The molecule has 0 aromatic heterocycles. The Morgan fingerprint density at radius 3 is 2.55 bits per heavy atom. The van der Waals surface area contributed by atoms with Gasteiger partial charge in [-0.15, -0.1) is 0 Å². The third-order valence-corrected chi connectivity index (χ3v) is 3.33. The number of hydrogen-bond donors (Lipinski definition) is 3. The normalized spacial score (nSPS) is 11.4. The van der Waals surface area contributed by atoms with Crippen LogP contribution in [0.5, 0.6) is 0 Å². The van der Waals surface area contributed by atoms with Crippen LogP contribution in [0.4, 0.5) is 5.69 Å². The minimum atomic E-state index is 0.116. The lowest BCUT2D eigenvalue weighted by atomic mass is 10.0. The first-order chi connectivity index (χ1) is 9.60. The van der Waals surface area contributed by atoms with Crippen LogP contribution in [0, 0.1) is 6.92 Å². The third-order valence-electron chi connectivity index (χ3n) is 3.07. The highest BCUT2D eigenvalue weighted by Gasteiger charge is 2.03. The van der Waals surface area contributed by atoms with E-state index in [1.807, 2.05) is 49.4 Å². The molecule has 4 nitrogen and oxygen atoms in total. The van der Waals surface area contributed by atoms with Gasteiger partial charge in [0.05, 0.1) is 0 Å². The van der Waals surface area contributed by atoms with Crippen molar-refractivity contribution in [3.8, 4) is 0 Å². The summed E-state index contributed by atoms with van der Waals surface area (Å²) in [6, 6.07) is 13.3. The maximum atomic E-state index is 8.66. The molecule has 5 heteroatoms. The van der Waals surface area contributed by atoms with Crippen LogP contribution in [-0.2, 0) is 6.54 Å². The molecule has 2 aromatic rings. The van der Waals surface area contributed by atoms with Gasteiger partial charge in [0.25, 0.3) is 0 Å². The number of nitrogens with two attached hydrogens (primary N) is 1.